The van der Waals surface area contributed by atoms with Crippen molar-refractivity contribution in [2.45, 2.75) is 57.8 Å². The Kier molecular flexibility index (Phi) is 9.21. The number of fused-ring (bicyclic) bond motifs is 19. The summed E-state index contributed by atoms with van der Waals surface area (Å²) in [6.45, 7) is 14.7. The van der Waals surface area contributed by atoms with Gasteiger partial charge in [-0.3, -0.25) is 0 Å². The van der Waals surface area contributed by atoms with Crippen molar-refractivity contribution in [1.82, 2.24) is 0 Å². The molecule has 372 valence electrons. The van der Waals surface area contributed by atoms with E-state index in [0.29, 0.717) is 0 Å². The SMILES string of the molecule is CC1(C)c2cc(-c3c(Nc4ccc(-c5ccccc5)cc4)ccc4c3C(C)(C)c3c5c(c6oc7ccccc7c6c3-4)-c3ccccc3C5(C)C)ccc2-c2c1cc(-c1ccccc1-c1ccccc1)c1oc3ccccc3c21. The van der Waals surface area contributed by atoms with Crippen molar-refractivity contribution in [2.75, 3.05) is 5.32 Å². The van der Waals surface area contributed by atoms with Gasteiger partial charge in [0, 0.05) is 65.9 Å². The molecule has 13 aromatic rings. The Hall–Kier alpha value is -9.18. The van der Waals surface area contributed by atoms with Crippen LogP contribution in [-0.4, -0.2) is 0 Å². The summed E-state index contributed by atoms with van der Waals surface area (Å²) in [4.78, 5) is 0. The average molecular weight is 1000 g/mol. The van der Waals surface area contributed by atoms with Crippen molar-refractivity contribution in [1.29, 1.82) is 0 Å². The number of hydrogen-bond acceptors (Lipinski definition) is 3. The molecule has 0 fully saturated rings. The van der Waals surface area contributed by atoms with Gasteiger partial charge in [-0.2, -0.15) is 0 Å². The lowest BCUT2D eigenvalue weighted by molar-refractivity contribution is 0.601. The molecule has 1 N–H and O–H groups in total. The molecule has 78 heavy (non-hydrogen) atoms. The van der Waals surface area contributed by atoms with Crippen LogP contribution in [0, 0.1) is 0 Å². The highest BCUT2D eigenvalue weighted by Crippen LogP contribution is 2.65. The van der Waals surface area contributed by atoms with Gasteiger partial charge in [-0.05, 0) is 137 Å². The minimum atomic E-state index is -0.439. The van der Waals surface area contributed by atoms with E-state index in [-0.39, 0.29) is 10.8 Å². The molecule has 11 aromatic carbocycles. The quantitative estimate of drug-likeness (QED) is 0.180. The summed E-state index contributed by atoms with van der Waals surface area (Å²) in [5, 5.41) is 8.71. The second-order valence-corrected chi connectivity index (χ2v) is 23.5. The minimum Gasteiger partial charge on any atom is -0.455 e. The van der Waals surface area contributed by atoms with Gasteiger partial charge in [0.1, 0.15) is 22.3 Å². The van der Waals surface area contributed by atoms with Gasteiger partial charge in [-0.15, -0.1) is 0 Å². The number of rotatable bonds is 6. The molecular weight excluding hydrogens is 947 g/mol. The highest BCUT2D eigenvalue weighted by Gasteiger charge is 2.50. The van der Waals surface area contributed by atoms with E-state index in [2.05, 4.69) is 265 Å². The Morgan fingerprint density at radius 3 is 1.56 bits per heavy atom. The lowest BCUT2D eigenvalue weighted by Crippen LogP contribution is -2.25. The first kappa shape index (κ1) is 45.1. The largest absolute Gasteiger partial charge is 0.455 e. The maximum absolute atomic E-state index is 7.12. The van der Waals surface area contributed by atoms with E-state index in [4.69, 9.17) is 8.83 Å². The van der Waals surface area contributed by atoms with Gasteiger partial charge in [-0.1, -0.05) is 217 Å². The summed E-state index contributed by atoms with van der Waals surface area (Å²) in [5.41, 5.74) is 29.8. The molecule has 2 aromatic heterocycles. The smallest absolute Gasteiger partial charge is 0.144 e. The standard InChI is InChI=1S/C75H55NO2/c1-73(2)57-41-46(35-38-51(57)63-58(73)42-55(71-65(63)52-28-16-19-31-60(52)77-71)49-26-14-13-25-48(49)45-23-11-8-12-24-45)62-59(76-47-36-33-44(34-37-47)43-21-9-7-10-22-43)40-39-54-64-66-53-29-17-20-32-61(53)78-72(66)67-50-27-15-18-30-56(50)74(3,4)70(67)69(64)75(5,6)68(54)62/h7-42,76H,1-6H3. The number of benzene rings is 11. The Bertz CT molecular complexity index is 4700. The van der Waals surface area contributed by atoms with E-state index in [1.54, 1.807) is 0 Å². The van der Waals surface area contributed by atoms with Crippen LogP contribution in [0.4, 0.5) is 11.4 Å². The molecule has 0 aliphatic heterocycles. The van der Waals surface area contributed by atoms with Gasteiger partial charge in [-0.25, -0.2) is 0 Å². The third-order valence-corrected chi connectivity index (χ3v) is 18.2. The summed E-state index contributed by atoms with van der Waals surface area (Å²) in [7, 11) is 0. The second-order valence-electron chi connectivity index (χ2n) is 23.5. The van der Waals surface area contributed by atoms with Crippen molar-refractivity contribution in [3.05, 3.63) is 252 Å². The predicted molar refractivity (Wildman–Crippen MR) is 325 cm³/mol. The molecule has 0 radical (unpaired) electrons. The zero-order valence-corrected chi connectivity index (χ0v) is 44.6. The topological polar surface area (TPSA) is 38.3 Å². The monoisotopic (exact) mass is 1000 g/mol. The van der Waals surface area contributed by atoms with Crippen LogP contribution < -0.4 is 5.32 Å². The van der Waals surface area contributed by atoms with E-state index < -0.39 is 5.41 Å². The fourth-order valence-electron chi connectivity index (χ4n) is 14.7. The molecule has 0 saturated carbocycles. The maximum Gasteiger partial charge on any atom is 0.144 e. The molecule has 3 aliphatic rings. The second kappa shape index (κ2) is 15.9. The number of hydrogen-bond donors (Lipinski definition) is 1. The number of nitrogens with one attached hydrogen (secondary N) is 1. The highest BCUT2D eigenvalue weighted by atomic mass is 16.3. The molecule has 0 spiro atoms. The van der Waals surface area contributed by atoms with Crippen molar-refractivity contribution in [2.24, 2.45) is 0 Å². The Labute approximate surface area is 454 Å². The van der Waals surface area contributed by atoms with Gasteiger partial charge in [0.25, 0.3) is 0 Å². The third-order valence-electron chi connectivity index (χ3n) is 18.2. The third kappa shape index (κ3) is 6.05. The highest BCUT2D eigenvalue weighted by molar-refractivity contribution is 6.22. The Balaban J connectivity index is 0.953. The van der Waals surface area contributed by atoms with Crippen LogP contribution in [-0.2, 0) is 16.2 Å². The molecule has 0 amide bonds. The van der Waals surface area contributed by atoms with Crippen LogP contribution in [0.5, 0.6) is 0 Å². The predicted octanol–water partition coefficient (Wildman–Crippen LogP) is 20.8. The fourth-order valence-corrected chi connectivity index (χ4v) is 14.7. The first-order valence-electron chi connectivity index (χ1n) is 27.5. The van der Waals surface area contributed by atoms with E-state index in [9.17, 15) is 0 Å². The molecule has 0 unspecified atom stereocenters. The van der Waals surface area contributed by atoms with Crippen LogP contribution in [0.15, 0.2) is 227 Å². The molecule has 3 heteroatoms. The van der Waals surface area contributed by atoms with Gasteiger partial charge >= 0.3 is 0 Å². The lowest BCUT2D eigenvalue weighted by atomic mass is 9.71. The summed E-state index contributed by atoms with van der Waals surface area (Å²) >= 11 is 0. The number of furan rings is 2. The van der Waals surface area contributed by atoms with Crippen LogP contribution in [0.2, 0.25) is 0 Å². The summed E-state index contributed by atoms with van der Waals surface area (Å²) in [6, 6.07) is 79.9. The van der Waals surface area contributed by atoms with Crippen molar-refractivity contribution >= 4 is 55.3 Å². The van der Waals surface area contributed by atoms with Crippen LogP contribution >= 0.6 is 0 Å². The Morgan fingerprint density at radius 1 is 0.308 bits per heavy atom. The normalized spacial score (nSPS) is 14.8. The zero-order chi connectivity index (χ0) is 52.4. The molecule has 0 bridgehead atoms. The molecular formula is C75H55NO2. The first-order chi connectivity index (χ1) is 38.0. The summed E-state index contributed by atoms with van der Waals surface area (Å²) < 4.78 is 14.2. The Morgan fingerprint density at radius 2 is 0.846 bits per heavy atom. The van der Waals surface area contributed by atoms with E-state index in [0.717, 1.165) is 55.6 Å². The summed E-state index contributed by atoms with van der Waals surface area (Å²) in [6.07, 6.45) is 0. The van der Waals surface area contributed by atoms with Crippen molar-refractivity contribution in [3.63, 3.8) is 0 Å². The summed E-state index contributed by atoms with van der Waals surface area (Å²) in [5.74, 6) is 0. The van der Waals surface area contributed by atoms with Gasteiger partial charge in [0.2, 0.25) is 0 Å². The molecule has 0 saturated heterocycles. The first-order valence-corrected chi connectivity index (χ1v) is 27.5. The minimum absolute atomic E-state index is 0.281. The van der Waals surface area contributed by atoms with Crippen molar-refractivity contribution < 1.29 is 8.83 Å². The molecule has 3 aliphatic carbocycles. The maximum atomic E-state index is 7.12. The number of para-hydroxylation sites is 2. The van der Waals surface area contributed by atoms with Crippen molar-refractivity contribution in [3.8, 4) is 77.9 Å². The van der Waals surface area contributed by atoms with Gasteiger partial charge in [0.15, 0.2) is 0 Å². The molecule has 0 atom stereocenters. The average Bonchev–Trinajstić information content (AvgIpc) is 2.41. The fraction of sp³-hybridized carbons (Fsp3) is 0.120. The van der Waals surface area contributed by atoms with Gasteiger partial charge < -0.3 is 14.2 Å². The number of anilines is 2. The van der Waals surface area contributed by atoms with Crippen LogP contribution in [0.1, 0.15) is 74.9 Å². The van der Waals surface area contributed by atoms with E-state index in [1.165, 1.54) is 111 Å². The molecule has 3 nitrogen and oxygen atoms in total. The lowest BCUT2D eigenvalue weighted by Gasteiger charge is -2.32. The van der Waals surface area contributed by atoms with Crippen LogP contribution in [0.25, 0.3) is 122 Å². The van der Waals surface area contributed by atoms with Gasteiger partial charge in [0.05, 0.1) is 0 Å². The molecule has 16 rings (SSSR count). The van der Waals surface area contributed by atoms with E-state index in [1.807, 2.05) is 0 Å². The molecule has 2 heterocycles. The van der Waals surface area contributed by atoms with Crippen LogP contribution in [0.3, 0.4) is 0 Å². The van der Waals surface area contributed by atoms with E-state index >= 15 is 0 Å². The zero-order valence-electron chi connectivity index (χ0n) is 44.6.